The third kappa shape index (κ3) is 5.65. The molecule has 0 saturated carbocycles. The standard InChI is InChI=1S/C21H22N4O2S/c1-14-8-10-17(11-9-14)23-20(27)25-21-24-18(13-28-21)12-19(26)22-15(2)16-6-4-3-5-7-16/h3-11,13,15H,12H2,1-2H3,(H,22,26)(H2,23,24,25,27). The number of urea groups is 1. The van der Waals surface area contributed by atoms with Crippen LogP contribution in [0.25, 0.3) is 0 Å². The normalized spacial score (nSPS) is 11.5. The molecule has 0 radical (unpaired) electrons. The van der Waals surface area contributed by atoms with Crippen molar-refractivity contribution in [3.8, 4) is 0 Å². The summed E-state index contributed by atoms with van der Waals surface area (Å²) >= 11 is 1.29. The summed E-state index contributed by atoms with van der Waals surface area (Å²) in [5.74, 6) is -0.114. The molecular formula is C21H22N4O2S. The molecule has 28 heavy (non-hydrogen) atoms. The summed E-state index contributed by atoms with van der Waals surface area (Å²) in [6, 6.07) is 16.8. The molecule has 3 amide bonds. The number of thiazole rings is 1. The van der Waals surface area contributed by atoms with Gasteiger partial charge in [0, 0.05) is 11.1 Å². The third-order valence-corrected chi connectivity index (χ3v) is 4.91. The Morgan fingerprint density at radius 2 is 1.75 bits per heavy atom. The van der Waals surface area contributed by atoms with Crippen LogP contribution in [0.15, 0.2) is 60.0 Å². The molecule has 0 bridgehead atoms. The van der Waals surface area contributed by atoms with Gasteiger partial charge in [-0.2, -0.15) is 0 Å². The molecule has 0 aliphatic heterocycles. The van der Waals surface area contributed by atoms with Crippen molar-refractivity contribution in [2.75, 3.05) is 10.6 Å². The van der Waals surface area contributed by atoms with Crippen LogP contribution in [0.4, 0.5) is 15.6 Å². The maximum atomic E-state index is 12.3. The lowest BCUT2D eigenvalue weighted by atomic mass is 10.1. The molecule has 0 aliphatic rings. The van der Waals surface area contributed by atoms with E-state index >= 15 is 0 Å². The van der Waals surface area contributed by atoms with E-state index < -0.39 is 0 Å². The maximum absolute atomic E-state index is 12.3. The van der Waals surface area contributed by atoms with E-state index in [1.807, 2.05) is 68.4 Å². The number of hydrogen-bond donors (Lipinski definition) is 3. The second kappa shape index (κ2) is 9.14. The predicted octanol–water partition coefficient (Wildman–Crippen LogP) is 4.52. The van der Waals surface area contributed by atoms with Crippen molar-refractivity contribution in [1.29, 1.82) is 0 Å². The lowest BCUT2D eigenvalue weighted by Crippen LogP contribution is -2.28. The number of nitrogens with one attached hydrogen (secondary N) is 3. The Morgan fingerprint density at radius 3 is 2.46 bits per heavy atom. The first-order chi connectivity index (χ1) is 13.5. The number of benzene rings is 2. The van der Waals surface area contributed by atoms with Gasteiger partial charge < -0.3 is 10.6 Å². The largest absolute Gasteiger partial charge is 0.349 e. The minimum absolute atomic E-state index is 0.0785. The van der Waals surface area contributed by atoms with E-state index in [0.717, 1.165) is 11.1 Å². The van der Waals surface area contributed by atoms with Crippen LogP contribution in [-0.2, 0) is 11.2 Å². The monoisotopic (exact) mass is 394 g/mol. The van der Waals surface area contributed by atoms with Crippen molar-refractivity contribution in [2.45, 2.75) is 26.3 Å². The molecule has 144 valence electrons. The fourth-order valence-electron chi connectivity index (χ4n) is 2.62. The lowest BCUT2D eigenvalue weighted by Gasteiger charge is -2.13. The molecule has 1 atom stereocenters. The molecule has 0 fully saturated rings. The molecule has 6 nitrogen and oxygen atoms in total. The molecule has 2 aromatic carbocycles. The van der Waals surface area contributed by atoms with Gasteiger partial charge in [-0.3, -0.25) is 10.1 Å². The molecule has 1 heterocycles. The van der Waals surface area contributed by atoms with E-state index in [9.17, 15) is 9.59 Å². The lowest BCUT2D eigenvalue weighted by molar-refractivity contribution is -0.121. The minimum Gasteiger partial charge on any atom is -0.349 e. The number of amides is 3. The van der Waals surface area contributed by atoms with Gasteiger partial charge in [-0.15, -0.1) is 11.3 Å². The molecule has 1 aromatic heterocycles. The molecule has 1 unspecified atom stereocenters. The highest BCUT2D eigenvalue weighted by Crippen LogP contribution is 2.17. The van der Waals surface area contributed by atoms with E-state index in [2.05, 4.69) is 20.9 Å². The quantitative estimate of drug-likeness (QED) is 0.575. The third-order valence-electron chi connectivity index (χ3n) is 4.10. The van der Waals surface area contributed by atoms with E-state index in [1.54, 1.807) is 5.38 Å². The summed E-state index contributed by atoms with van der Waals surface area (Å²) in [4.78, 5) is 28.6. The maximum Gasteiger partial charge on any atom is 0.325 e. The fourth-order valence-corrected chi connectivity index (χ4v) is 3.33. The Kier molecular flexibility index (Phi) is 6.39. The van der Waals surface area contributed by atoms with Gasteiger partial charge in [0.2, 0.25) is 5.91 Å². The van der Waals surface area contributed by atoms with Crippen molar-refractivity contribution in [2.24, 2.45) is 0 Å². The SMILES string of the molecule is Cc1ccc(NC(=O)Nc2nc(CC(=O)NC(C)c3ccccc3)cs2)cc1. The minimum atomic E-state index is -0.369. The summed E-state index contributed by atoms with van der Waals surface area (Å²) in [7, 11) is 0. The highest BCUT2D eigenvalue weighted by molar-refractivity contribution is 7.14. The number of anilines is 2. The number of nitrogens with zero attached hydrogens (tertiary/aromatic N) is 1. The van der Waals surface area contributed by atoms with Crippen LogP contribution in [0, 0.1) is 6.92 Å². The van der Waals surface area contributed by atoms with Crippen molar-refractivity contribution in [1.82, 2.24) is 10.3 Å². The second-order valence-electron chi connectivity index (χ2n) is 6.47. The number of hydrogen-bond acceptors (Lipinski definition) is 4. The van der Waals surface area contributed by atoms with Gasteiger partial charge in [0.05, 0.1) is 18.2 Å². The molecule has 0 aliphatic carbocycles. The molecule has 3 N–H and O–H groups in total. The molecule has 7 heteroatoms. The topological polar surface area (TPSA) is 83.1 Å². The first kappa shape index (κ1) is 19.6. The summed E-state index contributed by atoms with van der Waals surface area (Å²) in [5.41, 5.74) is 3.49. The first-order valence-corrected chi connectivity index (χ1v) is 9.81. The van der Waals surface area contributed by atoms with Gasteiger partial charge >= 0.3 is 6.03 Å². The highest BCUT2D eigenvalue weighted by atomic mass is 32.1. The zero-order valence-corrected chi connectivity index (χ0v) is 16.5. The van der Waals surface area contributed by atoms with E-state index in [1.165, 1.54) is 11.3 Å². The second-order valence-corrected chi connectivity index (χ2v) is 7.32. The Labute approximate surface area is 168 Å². The number of carbonyl (C=O) groups excluding carboxylic acids is 2. The van der Waals surface area contributed by atoms with Crippen LogP contribution in [0.5, 0.6) is 0 Å². The van der Waals surface area contributed by atoms with Crippen LogP contribution < -0.4 is 16.0 Å². The zero-order valence-electron chi connectivity index (χ0n) is 15.7. The number of rotatable bonds is 6. The Balaban J connectivity index is 1.50. The van der Waals surface area contributed by atoms with Crippen LogP contribution in [-0.4, -0.2) is 16.9 Å². The Morgan fingerprint density at radius 1 is 1.04 bits per heavy atom. The van der Waals surface area contributed by atoms with E-state index in [0.29, 0.717) is 16.5 Å². The fraction of sp³-hybridized carbons (Fsp3) is 0.190. The van der Waals surface area contributed by atoms with E-state index in [-0.39, 0.29) is 24.4 Å². The van der Waals surface area contributed by atoms with Gasteiger partial charge in [-0.05, 0) is 31.5 Å². The summed E-state index contributed by atoms with van der Waals surface area (Å²) in [5, 5.41) is 10.6. The first-order valence-electron chi connectivity index (χ1n) is 8.93. The average Bonchev–Trinajstić information content (AvgIpc) is 3.10. The average molecular weight is 395 g/mol. The van der Waals surface area contributed by atoms with Crippen LogP contribution in [0.1, 0.15) is 29.8 Å². The van der Waals surface area contributed by atoms with Gasteiger partial charge in [-0.1, -0.05) is 48.0 Å². The molecule has 0 saturated heterocycles. The van der Waals surface area contributed by atoms with Crippen molar-refractivity contribution < 1.29 is 9.59 Å². The molecule has 0 spiro atoms. The smallest absolute Gasteiger partial charge is 0.325 e. The summed E-state index contributed by atoms with van der Waals surface area (Å²) in [6.07, 6.45) is 0.162. The number of aromatic nitrogens is 1. The molecule has 3 rings (SSSR count). The number of aryl methyl sites for hydroxylation is 1. The highest BCUT2D eigenvalue weighted by Gasteiger charge is 2.13. The summed E-state index contributed by atoms with van der Waals surface area (Å²) in [6.45, 7) is 3.92. The van der Waals surface area contributed by atoms with Gasteiger partial charge in [0.15, 0.2) is 5.13 Å². The van der Waals surface area contributed by atoms with Crippen molar-refractivity contribution in [3.05, 3.63) is 76.8 Å². The van der Waals surface area contributed by atoms with Gasteiger partial charge in [-0.25, -0.2) is 9.78 Å². The Bertz CT molecular complexity index is 939. The number of carbonyl (C=O) groups is 2. The molecule has 3 aromatic rings. The van der Waals surface area contributed by atoms with Gasteiger partial charge in [0.25, 0.3) is 0 Å². The van der Waals surface area contributed by atoms with Crippen LogP contribution in [0.2, 0.25) is 0 Å². The van der Waals surface area contributed by atoms with Crippen molar-refractivity contribution >= 4 is 34.1 Å². The molecular weight excluding hydrogens is 372 g/mol. The van der Waals surface area contributed by atoms with Crippen molar-refractivity contribution in [3.63, 3.8) is 0 Å². The van der Waals surface area contributed by atoms with Gasteiger partial charge in [0.1, 0.15) is 0 Å². The summed E-state index contributed by atoms with van der Waals surface area (Å²) < 4.78 is 0. The van der Waals surface area contributed by atoms with Crippen LogP contribution in [0.3, 0.4) is 0 Å². The van der Waals surface area contributed by atoms with Crippen LogP contribution >= 0.6 is 11.3 Å². The predicted molar refractivity (Wildman–Crippen MR) is 113 cm³/mol. The zero-order chi connectivity index (χ0) is 19.9. The Hall–Kier alpha value is -3.19. The van der Waals surface area contributed by atoms with E-state index in [4.69, 9.17) is 0 Å².